The average Bonchev–Trinajstić information content (AvgIpc) is 2.26. The Balaban J connectivity index is 2.69. The molecule has 0 saturated heterocycles. The van der Waals surface area contributed by atoms with E-state index >= 15 is 0 Å². The third-order valence-electron chi connectivity index (χ3n) is 2.33. The van der Waals surface area contributed by atoms with Gasteiger partial charge in [-0.2, -0.15) is 0 Å². The minimum Gasteiger partial charge on any atom is -0.293 e. The first-order valence-corrected chi connectivity index (χ1v) is 8.05. The molecular weight excluding hydrogens is 304 g/mol. The Morgan fingerprint density at radius 1 is 1.24 bits per heavy atom. The van der Waals surface area contributed by atoms with Crippen molar-refractivity contribution in [3.8, 4) is 0 Å². The summed E-state index contributed by atoms with van der Waals surface area (Å²) in [5.41, 5.74) is 0.438. The number of halogens is 1. The van der Waals surface area contributed by atoms with E-state index in [1.807, 2.05) is 6.92 Å². The fourth-order valence-electron chi connectivity index (χ4n) is 1.36. The highest BCUT2D eigenvalue weighted by molar-refractivity contribution is 9.10. The summed E-state index contributed by atoms with van der Waals surface area (Å²) in [6.45, 7) is 1.92. The molecule has 0 aliphatic heterocycles. The minimum absolute atomic E-state index is 0.0891. The lowest BCUT2D eigenvalue weighted by Crippen LogP contribution is -2.19. The third-order valence-corrected chi connectivity index (χ3v) is 4.47. The second-order valence-corrected chi connectivity index (χ2v) is 6.98. The molecule has 0 N–H and O–H groups in total. The molecular formula is C12H15BrO3S. The molecule has 0 heterocycles. The second kappa shape index (κ2) is 6.31. The number of hydrogen-bond donors (Lipinski definition) is 0. The third kappa shape index (κ3) is 5.00. The zero-order valence-electron chi connectivity index (χ0n) is 9.65. The van der Waals surface area contributed by atoms with Crippen molar-refractivity contribution in [3.63, 3.8) is 0 Å². The van der Waals surface area contributed by atoms with Gasteiger partial charge in [-0.15, -0.1) is 0 Å². The topological polar surface area (TPSA) is 51.2 Å². The van der Waals surface area contributed by atoms with Gasteiger partial charge in [-0.3, -0.25) is 4.79 Å². The Labute approximate surface area is 110 Å². The molecule has 3 nitrogen and oxygen atoms in total. The van der Waals surface area contributed by atoms with Gasteiger partial charge in [0.25, 0.3) is 0 Å². The van der Waals surface area contributed by atoms with Crippen molar-refractivity contribution in [3.05, 3.63) is 34.3 Å². The van der Waals surface area contributed by atoms with Gasteiger partial charge < -0.3 is 0 Å². The maximum absolute atomic E-state index is 11.7. The molecule has 17 heavy (non-hydrogen) atoms. The summed E-state index contributed by atoms with van der Waals surface area (Å²) in [5, 5.41) is 0. The number of unbranched alkanes of at least 4 members (excludes halogenated alkanes) is 1. The molecule has 0 atom stereocenters. The monoisotopic (exact) mass is 318 g/mol. The van der Waals surface area contributed by atoms with Gasteiger partial charge in [0.1, 0.15) is 5.75 Å². The molecule has 1 aromatic carbocycles. The zero-order chi connectivity index (χ0) is 12.9. The maximum atomic E-state index is 11.7. The van der Waals surface area contributed by atoms with E-state index in [9.17, 15) is 13.2 Å². The number of rotatable bonds is 6. The van der Waals surface area contributed by atoms with Crippen molar-refractivity contribution in [1.82, 2.24) is 0 Å². The molecule has 0 unspecified atom stereocenters. The van der Waals surface area contributed by atoms with Crippen molar-refractivity contribution in [2.45, 2.75) is 19.8 Å². The standard InChI is InChI=1S/C12H15BrO3S/c1-2-3-8-17(15,16)9-12(14)10-4-6-11(13)7-5-10/h4-7H,2-3,8-9H2,1H3. The van der Waals surface area contributed by atoms with Gasteiger partial charge in [0, 0.05) is 10.0 Å². The summed E-state index contributed by atoms with van der Waals surface area (Å²) in [6, 6.07) is 6.71. The summed E-state index contributed by atoms with van der Waals surface area (Å²) < 4.78 is 24.1. The Hall–Kier alpha value is -0.680. The number of ketones is 1. The largest absolute Gasteiger partial charge is 0.293 e. The van der Waals surface area contributed by atoms with Crippen LogP contribution in [0.2, 0.25) is 0 Å². The van der Waals surface area contributed by atoms with Gasteiger partial charge in [-0.25, -0.2) is 8.42 Å². The molecule has 0 aromatic heterocycles. The van der Waals surface area contributed by atoms with Gasteiger partial charge in [-0.1, -0.05) is 41.4 Å². The average molecular weight is 319 g/mol. The van der Waals surface area contributed by atoms with Crippen molar-refractivity contribution < 1.29 is 13.2 Å². The van der Waals surface area contributed by atoms with Gasteiger partial charge in [0.05, 0.1) is 5.75 Å². The van der Waals surface area contributed by atoms with Crippen LogP contribution in [0.3, 0.4) is 0 Å². The van der Waals surface area contributed by atoms with Crippen LogP contribution in [0.4, 0.5) is 0 Å². The summed E-state index contributed by atoms with van der Waals surface area (Å²) in [7, 11) is -3.26. The molecule has 0 bridgehead atoms. The second-order valence-electron chi connectivity index (χ2n) is 3.88. The van der Waals surface area contributed by atoms with Gasteiger partial charge in [-0.05, 0) is 18.6 Å². The van der Waals surface area contributed by atoms with E-state index in [1.165, 1.54) is 0 Å². The molecule has 0 spiro atoms. The van der Waals surface area contributed by atoms with Crippen molar-refractivity contribution in [1.29, 1.82) is 0 Å². The van der Waals surface area contributed by atoms with E-state index in [0.29, 0.717) is 12.0 Å². The van der Waals surface area contributed by atoms with Crippen molar-refractivity contribution in [2.75, 3.05) is 11.5 Å². The number of hydrogen-bond acceptors (Lipinski definition) is 3. The summed E-state index contributed by atoms with van der Waals surface area (Å²) >= 11 is 3.26. The fraction of sp³-hybridized carbons (Fsp3) is 0.417. The molecule has 0 aliphatic rings. The smallest absolute Gasteiger partial charge is 0.177 e. The number of sulfone groups is 1. The molecule has 0 aliphatic carbocycles. The lowest BCUT2D eigenvalue weighted by Gasteiger charge is -2.03. The van der Waals surface area contributed by atoms with Gasteiger partial charge >= 0.3 is 0 Å². The van der Waals surface area contributed by atoms with Crippen molar-refractivity contribution in [2.24, 2.45) is 0 Å². The Morgan fingerprint density at radius 2 is 1.82 bits per heavy atom. The number of benzene rings is 1. The Morgan fingerprint density at radius 3 is 2.35 bits per heavy atom. The van der Waals surface area contributed by atoms with Crippen LogP contribution in [0.1, 0.15) is 30.1 Å². The van der Waals surface area contributed by atoms with Crippen LogP contribution < -0.4 is 0 Å². The number of carbonyl (C=O) groups is 1. The number of carbonyl (C=O) groups excluding carboxylic acids is 1. The predicted molar refractivity (Wildman–Crippen MR) is 72.0 cm³/mol. The molecule has 0 radical (unpaired) electrons. The molecule has 0 fully saturated rings. The van der Waals surface area contributed by atoms with E-state index < -0.39 is 15.6 Å². The first kappa shape index (κ1) is 14.4. The molecule has 1 aromatic rings. The first-order chi connectivity index (χ1) is 7.94. The lowest BCUT2D eigenvalue weighted by atomic mass is 10.2. The normalized spacial score (nSPS) is 11.4. The predicted octanol–water partition coefficient (Wildman–Crippen LogP) is 2.85. The van der Waals surface area contributed by atoms with Crippen LogP contribution in [0.15, 0.2) is 28.7 Å². The molecule has 5 heteroatoms. The summed E-state index contributed by atoms with van der Waals surface area (Å²) in [6.07, 6.45) is 1.42. The van der Waals surface area contributed by atoms with Crippen LogP contribution in [-0.4, -0.2) is 25.7 Å². The zero-order valence-corrected chi connectivity index (χ0v) is 12.1. The van der Waals surface area contributed by atoms with E-state index in [1.54, 1.807) is 24.3 Å². The van der Waals surface area contributed by atoms with Crippen LogP contribution in [0.5, 0.6) is 0 Å². The van der Waals surface area contributed by atoms with Gasteiger partial charge in [0.15, 0.2) is 15.6 Å². The maximum Gasteiger partial charge on any atom is 0.177 e. The summed E-state index contributed by atoms with van der Waals surface area (Å²) in [4.78, 5) is 11.7. The van der Waals surface area contributed by atoms with Gasteiger partial charge in [0.2, 0.25) is 0 Å². The van der Waals surface area contributed by atoms with Crippen molar-refractivity contribution >= 4 is 31.6 Å². The van der Waals surface area contributed by atoms with Crippen LogP contribution in [-0.2, 0) is 9.84 Å². The number of Topliss-reactive ketones (excluding diaryl/α,β-unsaturated/α-hetero) is 1. The summed E-state index contributed by atoms with van der Waals surface area (Å²) in [5.74, 6) is -0.644. The van der Waals surface area contributed by atoms with Crippen LogP contribution in [0, 0.1) is 0 Å². The van der Waals surface area contributed by atoms with Crippen LogP contribution in [0.25, 0.3) is 0 Å². The van der Waals surface area contributed by atoms with E-state index in [4.69, 9.17) is 0 Å². The minimum atomic E-state index is -3.26. The highest BCUT2D eigenvalue weighted by Gasteiger charge is 2.17. The van der Waals surface area contributed by atoms with Crippen LogP contribution >= 0.6 is 15.9 Å². The van der Waals surface area contributed by atoms with E-state index in [-0.39, 0.29) is 11.5 Å². The molecule has 94 valence electrons. The highest BCUT2D eigenvalue weighted by atomic mass is 79.9. The highest BCUT2D eigenvalue weighted by Crippen LogP contribution is 2.12. The lowest BCUT2D eigenvalue weighted by molar-refractivity contribution is 0.102. The molecule has 0 saturated carbocycles. The molecule has 1 rings (SSSR count). The molecule has 0 amide bonds. The first-order valence-electron chi connectivity index (χ1n) is 5.44. The Kier molecular flexibility index (Phi) is 5.33. The van der Waals surface area contributed by atoms with E-state index in [2.05, 4.69) is 15.9 Å². The SMILES string of the molecule is CCCCS(=O)(=O)CC(=O)c1ccc(Br)cc1. The quantitative estimate of drug-likeness (QED) is 0.758. The van der Waals surface area contributed by atoms with E-state index in [0.717, 1.165) is 10.9 Å². The Bertz CT molecular complexity index is 477. The fourth-order valence-corrected chi connectivity index (χ4v) is 3.06.